The van der Waals surface area contributed by atoms with Crippen molar-refractivity contribution in [2.45, 2.75) is 37.5 Å². The number of hydrogen-bond donors (Lipinski definition) is 1. The quantitative estimate of drug-likeness (QED) is 0.891. The van der Waals surface area contributed by atoms with Crippen LogP contribution in [0.4, 0.5) is 0 Å². The molecule has 2 fully saturated rings. The largest absolute Gasteiger partial charge is 0.355 e. The van der Waals surface area contributed by atoms with Gasteiger partial charge in [-0.05, 0) is 43.6 Å². The summed E-state index contributed by atoms with van der Waals surface area (Å²) in [6.45, 7) is 0.734. The third-order valence-electron chi connectivity index (χ3n) is 5.34. The zero-order valence-corrected chi connectivity index (χ0v) is 13.7. The number of thiophene rings is 1. The van der Waals surface area contributed by atoms with Gasteiger partial charge in [-0.25, -0.2) is 4.98 Å². The van der Waals surface area contributed by atoms with Crippen LogP contribution in [-0.4, -0.2) is 22.0 Å². The number of amides is 1. The summed E-state index contributed by atoms with van der Waals surface area (Å²) in [6.07, 6.45) is 8.96. The summed E-state index contributed by atoms with van der Waals surface area (Å²) in [5, 5.41) is 5.27. The van der Waals surface area contributed by atoms with Gasteiger partial charge in [-0.1, -0.05) is 6.07 Å². The molecule has 2 heterocycles. The van der Waals surface area contributed by atoms with Gasteiger partial charge in [-0.3, -0.25) is 4.79 Å². The second kappa shape index (κ2) is 4.95. The zero-order chi connectivity index (χ0) is 15.2. The summed E-state index contributed by atoms with van der Waals surface area (Å²) in [5.41, 5.74) is -0.195. The van der Waals surface area contributed by atoms with Crippen LogP contribution >= 0.6 is 11.3 Å². The summed E-state index contributed by atoms with van der Waals surface area (Å²) in [6, 6.07) is 4.18. The minimum absolute atomic E-state index is 0.00172. The number of aromatic nitrogens is 2. The van der Waals surface area contributed by atoms with Gasteiger partial charge in [0.25, 0.3) is 0 Å². The third kappa shape index (κ3) is 2.02. The summed E-state index contributed by atoms with van der Waals surface area (Å²) >= 11 is 1.75. The first-order chi connectivity index (χ1) is 10.7. The van der Waals surface area contributed by atoms with Crippen LogP contribution in [0.5, 0.6) is 0 Å². The second-order valence-electron chi connectivity index (χ2n) is 6.61. The molecule has 2 aromatic heterocycles. The molecule has 0 spiro atoms. The summed E-state index contributed by atoms with van der Waals surface area (Å²) in [7, 11) is 2.03. The van der Waals surface area contributed by atoms with E-state index >= 15 is 0 Å². The fraction of sp³-hybridized carbons (Fsp3) is 0.529. The lowest BCUT2D eigenvalue weighted by molar-refractivity contribution is -0.127. The van der Waals surface area contributed by atoms with Crippen LogP contribution < -0.4 is 5.32 Å². The van der Waals surface area contributed by atoms with Gasteiger partial charge in [0.15, 0.2) is 0 Å². The van der Waals surface area contributed by atoms with Crippen molar-refractivity contribution >= 4 is 17.2 Å². The monoisotopic (exact) mass is 315 g/mol. The lowest BCUT2D eigenvalue weighted by atomic mass is 9.83. The van der Waals surface area contributed by atoms with E-state index in [2.05, 4.69) is 32.4 Å². The molecule has 1 amide bonds. The van der Waals surface area contributed by atoms with Gasteiger partial charge in [0.2, 0.25) is 5.91 Å². The molecule has 116 valence electrons. The highest BCUT2D eigenvalue weighted by Crippen LogP contribution is 2.70. The first-order valence-corrected chi connectivity index (χ1v) is 8.84. The number of carbonyl (C=O) groups excluding carboxylic acids is 1. The maximum Gasteiger partial charge on any atom is 0.227 e. The average Bonchev–Trinajstić information content (AvgIpc) is 3.39. The van der Waals surface area contributed by atoms with Crippen molar-refractivity contribution in [3.63, 3.8) is 0 Å². The van der Waals surface area contributed by atoms with Gasteiger partial charge in [0.1, 0.15) is 5.82 Å². The van der Waals surface area contributed by atoms with Crippen molar-refractivity contribution in [3.8, 4) is 0 Å². The van der Waals surface area contributed by atoms with E-state index in [4.69, 9.17) is 0 Å². The first kappa shape index (κ1) is 14.0. The maximum atomic E-state index is 12.8. The predicted octanol–water partition coefficient (Wildman–Crippen LogP) is 2.65. The topological polar surface area (TPSA) is 46.9 Å². The number of imidazole rings is 1. The van der Waals surface area contributed by atoms with E-state index < -0.39 is 0 Å². The van der Waals surface area contributed by atoms with Crippen molar-refractivity contribution in [1.82, 2.24) is 14.9 Å². The number of hydrogen-bond acceptors (Lipinski definition) is 3. The van der Waals surface area contributed by atoms with Crippen molar-refractivity contribution in [2.75, 3.05) is 6.54 Å². The standard InChI is InChI=1S/C17H21N3OS/c1-20-11-10-18-14(20)16(5-6-16)17(7-8-17)15(21)19-9-4-13-3-2-12-22-13/h2-3,10-12H,4-9H2,1H3,(H,19,21). The van der Waals surface area contributed by atoms with Crippen molar-refractivity contribution in [2.24, 2.45) is 12.5 Å². The Morgan fingerprint density at radius 2 is 2.23 bits per heavy atom. The molecule has 2 aromatic rings. The van der Waals surface area contributed by atoms with Crippen molar-refractivity contribution in [1.29, 1.82) is 0 Å². The summed E-state index contributed by atoms with van der Waals surface area (Å²) in [4.78, 5) is 18.7. The SMILES string of the molecule is Cn1ccnc1C1(C2(C(=O)NCCc3cccs3)CC2)CC1. The highest BCUT2D eigenvalue weighted by Gasteiger charge is 2.71. The van der Waals surface area contributed by atoms with Crippen LogP contribution in [0.15, 0.2) is 29.9 Å². The molecule has 0 radical (unpaired) electrons. The van der Waals surface area contributed by atoms with E-state index in [-0.39, 0.29) is 16.7 Å². The predicted molar refractivity (Wildman–Crippen MR) is 86.8 cm³/mol. The Kier molecular flexibility index (Phi) is 3.15. The smallest absolute Gasteiger partial charge is 0.227 e. The minimum atomic E-state index is -0.193. The zero-order valence-electron chi connectivity index (χ0n) is 12.8. The van der Waals surface area contributed by atoms with Crippen molar-refractivity contribution < 1.29 is 4.79 Å². The van der Waals surface area contributed by atoms with E-state index in [1.165, 1.54) is 4.88 Å². The van der Waals surface area contributed by atoms with Crippen LogP contribution in [0, 0.1) is 5.41 Å². The molecule has 0 atom stereocenters. The van der Waals surface area contributed by atoms with Gasteiger partial charge in [0.05, 0.1) is 5.41 Å². The molecule has 4 nitrogen and oxygen atoms in total. The molecule has 2 aliphatic carbocycles. The molecule has 22 heavy (non-hydrogen) atoms. The van der Waals surface area contributed by atoms with Crippen LogP contribution in [0.2, 0.25) is 0 Å². The Labute approximate surface area is 134 Å². The normalized spacial score (nSPS) is 20.6. The van der Waals surface area contributed by atoms with Gasteiger partial charge in [-0.15, -0.1) is 11.3 Å². The molecule has 0 aromatic carbocycles. The lowest BCUT2D eigenvalue weighted by Gasteiger charge is -2.25. The fourth-order valence-corrected chi connectivity index (χ4v) is 4.55. The van der Waals surface area contributed by atoms with Gasteiger partial charge in [0, 0.05) is 36.3 Å². The molecule has 2 aliphatic rings. The number of aryl methyl sites for hydroxylation is 1. The fourth-order valence-electron chi connectivity index (χ4n) is 3.84. The summed E-state index contributed by atoms with van der Waals surface area (Å²) < 4.78 is 2.09. The van der Waals surface area contributed by atoms with Crippen molar-refractivity contribution in [3.05, 3.63) is 40.6 Å². The molecular formula is C17H21N3OS. The highest BCUT2D eigenvalue weighted by atomic mass is 32.1. The Morgan fingerprint density at radius 3 is 2.77 bits per heavy atom. The summed E-state index contributed by atoms with van der Waals surface area (Å²) in [5.74, 6) is 1.34. The lowest BCUT2D eigenvalue weighted by Crippen LogP contribution is -2.41. The van der Waals surface area contributed by atoms with Gasteiger partial charge in [-0.2, -0.15) is 0 Å². The highest BCUT2D eigenvalue weighted by molar-refractivity contribution is 7.09. The van der Waals surface area contributed by atoms with Crippen LogP contribution in [0.25, 0.3) is 0 Å². The number of nitrogens with zero attached hydrogens (tertiary/aromatic N) is 2. The maximum absolute atomic E-state index is 12.8. The number of rotatable bonds is 6. The van der Waals surface area contributed by atoms with Crippen LogP contribution in [0.3, 0.4) is 0 Å². The number of nitrogens with one attached hydrogen (secondary N) is 1. The molecular weight excluding hydrogens is 294 g/mol. The minimum Gasteiger partial charge on any atom is -0.355 e. The van der Waals surface area contributed by atoms with Gasteiger partial charge < -0.3 is 9.88 Å². The van der Waals surface area contributed by atoms with Gasteiger partial charge >= 0.3 is 0 Å². The molecule has 0 unspecified atom stereocenters. The van der Waals surface area contributed by atoms with E-state index in [1.807, 2.05) is 19.4 Å². The molecule has 4 rings (SSSR count). The molecule has 0 aliphatic heterocycles. The molecule has 0 bridgehead atoms. The van der Waals surface area contributed by atoms with E-state index in [9.17, 15) is 4.79 Å². The Morgan fingerprint density at radius 1 is 1.41 bits per heavy atom. The first-order valence-electron chi connectivity index (χ1n) is 7.96. The van der Waals surface area contributed by atoms with E-state index in [0.717, 1.165) is 44.5 Å². The van der Waals surface area contributed by atoms with Crippen LogP contribution in [-0.2, 0) is 23.7 Å². The Bertz CT molecular complexity index is 681. The van der Waals surface area contributed by atoms with E-state index in [0.29, 0.717) is 0 Å². The Balaban J connectivity index is 1.45. The molecule has 2 saturated carbocycles. The Hall–Kier alpha value is -1.62. The molecule has 1 N–H and O–H groups in total. The number of carbonyl (C=O) groups is 1. The third-order valence-corrected chi connectivity index (χ3v) is 6.27. The van der Waals surface area contributed by atoms with E-state index in [1.54, 1.807) is 11.3 Å². The molecule has 0 saturated heterocycles. The van der Waals surface area contributed by atoms with Crippen LogP contribution in [0.1, 0.15) is 36.4 Å². The average molecular weight is 315 g/mol. The second-order valence-corrected chi connectivity index (χ2v) is 7.64. The molecule has 5 heteroatoms.